The van der Waals surface area contributed by atoms with Crippen LogP contribution in [-0.2, 0) is 4.74 Å². The van der Waals surface area contributed by atoms with Crippen molar-refractivity contribution in [1.82, 2.24) is 14.5 Å². The standard InChI is InChI=1S/C22H32BrN3O2.ClH/c1-3-12-28-18-6-4-16(5-7-18)25-10-8-17(9-11-25)26-21-13-15(2)19(23)14-20(21)24-22(26)27;/h13-14,16-18H,3-12H2,1-2H3,(H,24,27);1H. The molecule has 1 saturated heterocycles. The highest BCUT2D eigenvalue weighted by molar-refractivity contribution is 9.10. The summed E-state index contributed by atoms with van der Waals surface area (Å²) in [5.41, 5.74) is 3.16. The fourth-order valence-electron chi connectivity index (χ4n) is 4.98. The lowest BCUT2D eigenvalue weighted by molar-refractivity contribution is 0.00254. The molecule has 1 aliphatic heterocycles. The van der Waals surface area contributed by atoms with Gasteiger partial charge in [-0.15, -0.1) is 12.4 Å². The molecule has 2 aromatic rings. The quantitative estimate of drug-likeness (QED) is 0.632. The summed E-state index contributed by atoms with van der Waals surface area (Å²) in [7, 11) is 0. The van der Waals surface area contributed by atoms with Gasteiger partial charge < -0.3 is 14.6 Å². The minimum Gasteiger partial charge on any atom is -0.378 e. The molecular formula is C22H33BrClN3O2. The number of benzene rings is 1. The monoisotopic (exact) mass is 485 g/mol. The number of halogens is 2. The second kappa shape index (κ2) is 9.99. The number of rotatable bonds is 5. The molecule has 162 valence electrons. The highest BCUT2D eigenvalue weighted by atomic mass is 79.9. The van der Waals surface area contributed by atoms with Gasteiger partial charge in [-0.25, -0.2) is 4.79 Å². The van der Waals surface area contributed by atoms with E-state index in [4.69, 9.17) is 4.74 Å². The lowest BCUT2D eigenvalue weighted by Crippen LogP contribution is -2.45. The minimum atomic E-state index is 0. The Morgan fingerprint density at radius 3 is 2.45 bits per heavy atom. The molecule has 5 nitrogen and oxygen atoms in total. The molecule has 29 heavy (non-hydrogen) atoms. The normalized spacial score (nSPS) is 24.0. The first-order chi connectivity index (χ1) is 13.6. The van der Waals surface area contributed by atoms with Crippen LogP contribution in [0.2, 0.25) is 0 Å². The van der Waals surface area contributed by atoms with Gasteiger partial charge in [0.1, 0.15) is 0 Å². The van der Waals surface area contributed by atoms with Crippen LogP contribution in [0.5, 0.6) is 0 Å². The van der Waals surface area contributed by atoms with Gasteiger partial charge >= 0.3 is 5.69 Å². The van der Waals surface area contributed by atoms with E-state index in [9.17, 15) is 4.79 Å². The van der Waals surface area contributed by atoms with Crippen LogP contribution in [0.15, 0.2) is 21.4 Å². The van der Waals surface area contributed by atoms with Crippen LogP contribution in [0, 0.1) is 6.92 Å². The van der Waals surface area contributed by atoms with Gasteiger partial charge in [0.15, 0.2) is 0 Å². The topological polar surface area (TPSA) is 50.3 Å². The van der Waals surface area contributed by atoms with Crippen molar-refractivity contribution in [2.75, 3.05) is 19.7 Å². The highest BCUT2D eigenvalue weighted by Gasteiger charge is 2.30. The number of H-pyrrole nitrogens is 1. The smallest absolute Gasteiger partial charge is 0.326 e. The number of nitrogens with zero attached hydrogens (tertiary/aromatic N) is 2. The Bertz CT molecular complexity index is 865. The molecule has 0 unspecified atom stereocenters. The zero-order valence-corrected chi connectivity index (χ0v) is 19.9. The number of piperidine rings is 1. The first-order valence-electron chi connectivity index (χ1n) is 10.8. The minimum absolute atomic E-state index is 0. The maximum absolute atomic E-state index is 12.6. The van der Waals surface area contributed by atoms with E-state index >= 15 is 0 Å². The van der Waals surface area contributed by atoms with Crippen LogP contribution in [0.4, 0.5) is 0 Å². The fraction of sp³-hybridized carbons (Fsp3) is 0.682. The van der Waals surface area contributed by atoms with E-state index in [0.717, 1.165) is 54.5 Å². The van der Waals surface area contributed by atoms with Crippen molar-refractivity contribution in [3.63, 3.8) is 0 Å². The Morgan fingerprint density at radius 1 is 1.10 bits per heavy atom. The molecule has 0 bridgehead atoms. The molecule has 2 heterocycles. The third-order valence-corrected chi connectivity index (χ3v) is 7.43. The van der Waals surface area contributed by atoms with Crippen LogP contribution >= 0.6 is 28.3 Å². The summed E-state index contributed by atoms with van der Waals surface area (Å²) in [5, 5.41) is 0. The van der Waals surface area contributed by atoms with Gasteiger partial charge in [0.25, 0.3) is 0 Å². The van der Waals surface area contributed by atoms with Crippen molar-refractivity contribution in [2.45, 2.75) is 77.0 Å². The van der Waals surface area contributed by atoms with Crippen LogP contribution in [-0.4, -0.2) is 46.3 Å². The lowest BCUT2D eigenvalue weighted by atomic mass is 9.90. The van der Waals surface area contributed by atoms with Gasteiger partial charge in [0.2, 0.25) is 0 Å². The first-order valence-corrected chi connectivity index (χ1v) is 11.6. The second-order valence-corrected chi connectivity index (χ2v) is 9.34. The van der Waals surface area contributed by atoms with Crippen LogP contribution in [0.3, 0.4) is 0 Å². The Balaban J connectivity index is 0.00000240. The summed E-state index contributed by atoms with van der Waals surface area (Å²) < 4.78 is 8.99. The zero-order chi connectivity index (χ0) is 19.7. The number of ether oxygens (including phenoxy) is 1. The molecule has 2 fully saturated rings. The number of likely N-dealkylation sites (tertiary alicyclic amines) is 1. The number of nitrogens with one attached hydrogen (secondary N) is 1. The van der Waals surface area contributed by atoms with Crippen LogP contribution in [0.25, 0.3) is 11.0 Å². The largest absolute Gasteiger partial charge is 0.378 e. The van der Waals surface area contributed by atoms with Gasteiger partial charge in [-0.3, -0.25) is 4.57 Å². The molecule has 1 saturated carbocycles. The number of hydrogen-bond donors (Lipinski definition) is 1. The molecule has 1 aliphatic carbocycles. The molecule has 2 aliphatic rings. The zero-order valence-electron chi connectivity index (χ0n) is 17.5. The summed E-state index contributed by atoms with van der Waals surface area (Å²) in [6.07, 6.45) is 8.57. The average molecular weight is 487 g/mol. The third-order valence-electron chi connectivity index (χ3n) is 6.58. The molecule has 7 heteroatoms. The number of fused-ring (bicyclic) bond motifs is 1. The number of aromatic amines is 1. The third kappa shape index (κ3) is 4.92. The van der Waals surface area contributed by atoms with E-state index in [0.29, 0.717) is 18.2 Å². The Morgan fingerprint density at radius 2 is 1.79 bits per heavy atom. The molecule has 0 spiro atoms. The van der Waals surface area contributed by atoms with Crippen molar-refractivity contribution in [3.05, 3.63) is 32.7 Å². The molecule has 4 rings (SSSR count). The predicted octanol–water partition coefficient (Wildman–Crippen LogP) is 5.20. The van der Waals surface area contributed by atoms with Crippen molar-refractivity contribution < 1.29 is 4.74 Å². The van der Waals surface area contributed by atoms with Crippen molar-refractivity contribution in [1.29, 1.82) is 0 Å². The van der Waals surface area contributed by atoms with E-state index in [1.54, 1.807) is 0 Å². The Labute approximate surface area is 187 Å². The van der Waals surface area contributed by atoms with Crippen molar-refractivity contribution in [3.8, 4) is 0 Å². The van der Waals surface area contributed by atoms with Gasteiger partial charge in [-0.1, -0.05) is 22.9 Å². The lowest BCUT2D eigenvalue weighted by Gasteiger charge is -2.41. The number of hydrogen-bond acceptors (Lipinski definition) is 3. The van der Waals surface area contributed by atoms with Crippen LogP contribution in [0.1, 0.15) is 63.5 Å². The molecular weight excluding hydrogens is 454 g/mol. The van der Waals surface area contributed by atoms with Gasteiger partial charge in [0.05, 0.1) is 17.1 Å². The van der Waals surface area contributed by atoms with E-state index < -0.39 is 0 Å². The molecule has 0 amide bonds. The first kappa shape index (κ1) is 22.9. The van der Waals surface area contributed by atoms with Gasteiger partial charge in [-0.05, 0) is 69.6 Å². The molecule has 1 N–H and O–H groups in total. The van der Waals surface area contributed by atoms with E-state index in [2.05, 4.69) is 45.7 Å². The van der Waals surface area contributed by atoms with E-state index in [-0.39, 0.29) is 18.1 Å². The Hall–Kier alpha value is -0.820. The summed E-state index contributed by atoms with van der Waals surface area (Å²) in [4.78, 5) is 18.3. The number of aryl methyl sites for hydroxylation is 1. The maximum Gasteiger partial charge on any atom is 0.326 e. The molecule has 1 aromatic carbocycles. The van der Waals surface area contributed by atoms with Crippen molar-refractivity contribution >= 4 is 39.4 Å². The predicted molar refractivity (Wildman–Crippen MR) is 124 cm³/mol. The molecule has 0 radical (unpaired) electrons. The van der Waals surface area contributed by atoms with Gasteiger partial charge in [-0.2, -0.15) is 0 Å². The summed E-state index contributed by atoms with van der Waals surface area (Å²) in [6.45, 7) is 7.33. The highest BCUT2D eigenvalue weighted by Crippen LogP contribution is 2.32. The second-order valence-electron chi connectivity index (χ2n) is 8.49. The molecule has 0 atom stereocenters. The fourth-order valence-corrected chi connectivity index (χ4v) is 5.33. The van der Waals surface area contributed by atoms with Crippen molar-refractivity contribution in [2.24, 2.45) is 0 Å². The summed E-state index contributed by atoms with van der Waals surface area (Å²) in [5.74, 6) is 0. The number of aromatic nitrogens is 2. The molecule has 1 aromatic heterocycles. The maximum atomic E-state index is 12.6. The number of imidazole rings is 1. The van der Waals surface area contributed by atoms with E-state index in [1.807, 2.05) is 10.6 Å². The van der Waals surface area contributed by atoms with Gasteiger partial charge in [0, 0.05) is 36.3 Å². The van der Waals surface area contributed by atoms with E-state index in [1.165, 1.54) is 31.2 Å². The van der Waals surface area contributed by atoms with Crippen LogP contribution < -0.4 is 5.69 Å². The SMILES string of the molecule is CCCOC1CCC(N2CCC(n3c(=O)[nH]c4cc(Br)c(C)cc43)CC2)CC1.Cl. The average Bonchev–Trinajstić information content (AvgIpc) is 3.02. The Kier molecular flexibility index (Phi) is 7.87. The summed E-state index contributed by atoms with van der Waals surface area (Å²) in [6, 6.07) is 5.14. The summed E-state index contributed by atoms with van der Waals surface area (Å²) >= 11 is 3.57.